The van der Waals surface area contributed by atoms with Gasteiger partial charge in [-0.25, -0.2) is 0 Å². The Kier molecular flexibility index (Phi) is 8.60. The van der Waals surface area contributed by atoms with Gasteiger partial charge in [0.1, 0.15) is 0 Å². The van der Waals surface area contributed by atoms with E-state index < -0.39 is 0 Å². The van der Waals surface area contributed by atoms with Crippen LogP contribution >= 0.6 is 0 Å². The first-order valence-electron chi connectivity index (χ1n) is 10.7. The monoisotopic (exact) mass is 333 g/mol. The van der Waals surface area contributed by atoms with Gasteiger partial charge in [-0.2, -0.15) is 5.26 Å². The Hall–Kier alpha value is -0.550. The first-order valence-corrected chi connectivity index (χ1v) is 10.7. The SMILES string of the molecule is CCCCC[C@H]1CC[C@H](OC[C@H]2CC[C@@](C#N)(CCC)CC2)CC1. The summed E-state index contributed by atoms with van der Waals surface area (Å²) in [6.07, 6.45) is 18.2. The summed E-state index contributed by atoms with van der Waals surface area (Å²) in [5.41, 5.74) is -0.0121. The van der Waals surface area contributed by atoms with E-state index in [1.54, 1.807) is 0 Å². The minimum atomic E-state index is -0.0121. The van der Waals surface area contributed by atoms with Gasteiger partial charge in [0.05, 0.1) is 17.6 Å². The van der Waals surface area contributed by atoms with Crippen LogP contribution in [0.2, 0.25) is 0 Å². The molecule has 0 aromatic carbocycles. The lowest BCUT2D eigenvalue weighted by molar-refractivity contribution is -0.0134. The molecule has 0 spiro atoms. The second kappa shape index (κ2) is 10.4. The predicted molar refractivity (Wildman–Crippen MR) is 101 cm³/mol. The molecule has 2 heteroatoms. The van der Waals surface area contributed by atoms with Crippen molar-refractivity contribution in [2.24, 2.45) is 17.3 Å². The normalized spacial score (nSPS) is 34.0. The Bertz CT molecular complexity index is 370. The maximum absolute atomic E-state index is 9.51. The van der Waals surface area contributed by atoms with Gasteiger partial charge >= 0.3 is 0 Å². The van der Waals surface area contributed by atoms with Crippen molar-refractivity contribution in [3.8, 4) is 6.07 Å². The van der Waals surface area contributed by atoms with Crippen LogP contribution < -0.4 is 0 Å². The second-order valence-electron chi connectivity index (χ2n) is 8.56. The zero-order valence-electron chi connectivity index (χ0n) is 16.2. The smallest absolute Gasteiger partial charge is 0.0689 e. The molecular formula is C22H39NO. The maximum Gasteiger partial charge on any atom is 0.0689 e. The van der Waals surface area contributed by atoms with Gasteiger partial charge in [0.25, 0.3) is 0 Å². The Balaban J connectivity index is 1.60. The molecule has 0 unspecified atom stereocenters. The number of nitriles is 1. The summed E-state index contributed by atoms with van der Waals surface area (Å²) in [7, 11) is 0. The van der Waals surface area contributed by atoms with Crippen molar-refractivity contribution in [1.29, 1.82) is 5.26 Å². The second-order valence-corrected chi connectivity index (χ2v) is 8.56. The molecule has 2 aliphatic carbocycles. The van der Waals surface area contributed by atoms with Gasteiger partial charge in [0, 0.05) is 6.61 Å². The molecule has 0 saturated heterocycles. The zero-order chi connectivity index (χ0) is 17.3. The van der Waals surface area contributed by atoms with Crippen LogP contribution in [0.5, 0.6) is 0 Å². The number of rotatable bonds is 9. The van der Waals surface area contributed by atoms with E-state index in [2.05, 4.69) is 19.9 Å². The largest absolute Gasteiger partial charge is 0.378 e. The predicted octanol–water partition coefficient (Wildman–Crippen LogP) is 6.64. The highest BCUT2D eigenvalue weighted by Crippen LogP contribution is 2.42. The fourth-order valence-electron chi connectivity index (χ4n) is 4.84. The van der Waals surface area contributed by atoms with Crippen molar-refractivity contribution in [3.05, 3.63) is 0 Å². The molecule has 0 aromatic heterocycles. The van der Waals surface area contributed by atoms with Gasteiger partial charge in [-0.05, 0) is 69.6 Å². The maximum atomic E-state index is 9.51. The first kappa shape index (κ1) is 19.8. The van der Waals surface area contributed by atoms with Crippen molar-refractivity contribution in [1.82, 2.24) is 0 Å². The van der Waals surface area contributed by atoms with E-state index >= 15 is 0 Å². The molecule has 138 valence electrons. The molecule has 2 saturated carbocycles. The average molecular weight is 334 g/mol. The summed E-state index contributed by atoms with van der Waals surface area (Å²) < 4.78 is 6.28. The van der Waals surface area contributed by atoms with E-state index in [1.165, 1.54) is 64.2 Å². The summed E-state index contributed by atoms with van der Waals surface area (Å²) >= 11 is 0. The molecule has 2 aliphatic rings. The van der Waals surface area contributed by atoms with E-state index in [-0.39, 0.29) is 5.41 Å². The highest BCUT2D eigenvalue weighted by atomic mass is 16.5. The van der Waals surface area contributed by atoms with Crippen LogP contribution in [0.1, 0.15) is 104 Å². The molecule has 0 N–H and O–H groups in total. The van der Waals surface area contributed by atoms with E-state index in [0.717, 1.165) is 38.2 Å². The molecular weight excluding hydrogens is 294 g/mol. The van der Waals surface area contributed by atoms with Gasteiger partial charge in [0.15, 0.2) is 0 Å². The van der Waals surface area contributed by atoms with Gasteiger partial charge in [-0.3, -0.25) is 0 Å². The lowest BCUT2D eigenvalue weighted by Crippen LogP contribution is -2.30. The summed E-state index contributed by atoms with van der Waals surface area (Å²) in [6, 6.07) is 2.63. The fraction of sp³-hybridized carbons (Fsp3) is 0.955. The highest BCUT2D eigenvalue weighted by molar-refractivity contribution is 5.01. The number of nitrogens with zero attached hydrogens (tertiary/aromatic N) is 1. The average Bonchev–Trinajstić information content (AvgIpc) is 2.63. The van der Waals surface area contributed by atoms with Gasteiger partial charge in [0.2, 0.25) is 0 Å². The lowest BCUT2D eigenvalue weighted by Gasteiger charge is -2.36. The quantitative estimate of drug-likeness (QED) is 0.443. The highest BCUT2D eigenvalue weighted by Gasteiger charge is 2.35. The Morgan fingerprint density at radius 1 is 0.917 bits per heavy atom. The Morgan fingerprint density at radius 2 is 1.62 bits per heavy atom. The van der Waals surface area contributed by atoms with Crippen LogP contribution in [0.25, 0.3) is 0 Å². The molecule has 24 heavy (non-hydrogen) atoms. The van der Waals surface area contributed by atoms with Gasteiger partial charge in [-0.15, -0.1) is 0 Å². The van der Waals surface area contributed by atoms with Crippen molar-refractivity contribution in [3.63, 3.8) is 0 Å². The lowest BCUT2D eigenvalue weighted by atomic mass is 9.69. The van der Waals surface area contributed by atoms with Crippen LogP contribution in [-0.4, -0.2) is 12.7 Å². The molecule has 0 bridgehead atoms. The molecule has 2 nitrogen and oxygen atoms in total. The minimum Gasteiger partial charge on any atom is -0.378 e. The molecule has 2 rings (SSSR count). The Morgan fingerprint density at radius 3 is 2.21 bits per heavy atom. The number of unbranched alkanes of at least 4 members (excludes halogenated alkanes) is 2. The van der Waals surface area contributed by atoms with E-state index in [4.69, 9.17) is 4.74 Å². The fourth-order valence-corrected chi connectivity index (χ4v) is 4.84. The van der Waals surface area contributed by atoms with Crippen molar-refractivity contribution < 1.29 is 4.74 Å². The molecule has 2 fully saturated rings. The third-order valence-corrected chi connectivity index (χ3v) is 6.61. The molecule has 0 aliphatic heterocycles. The molecule has 0 amide bonds. The summed E-state index contributed by atoms with van der Waals surface area (Å²) in [6.45, 7) is 5.44. The minimum absolute atomic E-state index is 0.0121. The standard InChI is InChI=1S/C22H39NO/c1-3-5-6-7-19-8-10-21(11-9-19)24-17-20-12-15-22(18-23,14-4-2)16-13-20/h19-21H,3-17H2,1-2H3/t19-,20-,21-,22-. The molecule has 0 radical (unpaired) electrons. The van der Waals surface area contributed by atoms with Crippen LogP contribution in [0.3, 0.4) is 0 Å². The Labute approximate surface area is 150 Å². The van der Waals surface area contributed by atoms with Crippen LogP contribution in [0.15, 0.2) is 0 Å². The van der Waals surface area contributed by atoms with Crippen molar-refractivity contribution >= 4 is 0 Å². The molecule has 0 atom stereocenters. The van der Waals surface area contributed by atoms with Crippen LogP contribution in [0, 0.1) is 28.6 Å². The summed E-state index contributed by atoms with van der Waals surface area (Å²) in [5.74, 6) is 1.67. The third-order valence-electron chi connectivity index (χ3n) is 6.61. The van der Waals surface area contributed by atoms with Gasteiger partial charge in [-0.1, -0.05) is 46.0 Å². The third kappa shape index (κ3) is 6.07. The zero-order valence-corrected chi connectivity index (χ0v) is 16.2. The van der Waals surface area contributed by atoms with Crippen LogP contribution in [-0.2, 0) is 4.74 Å². The number of hydrogen-bond donors (Lipinski definition) is 0. The number of ether oxygens (including phenoxy) is 1. The number of hydrogen-bond acceptors (Lipinski definition) is 2. The van der Waals surface area contributed by atoms with Gasteiger partial charge < -0.3 is 4.74 Å². The van der Waals surface area contributed by atoms with Crippen molar-refractivity contribution in [2.75, 3.05) is 6.61 Å². The van der Waals surface area contributed by atoms with Crippen molar-refractivity contribution in [2.45, 2.75) is 110 Å². The molecule has 0 heterocycles. The topological polar surface area (TPSA) is 33.0 Å². The van der Waals surface area contributed by atoms with Crippen LogP contribution in [0.4, 0.5) is 0 Å². The summed E-state index contributed by atoms with van der Waals surface area (Å²) in [5, 5.41) is 9.51. The summed E-state index contributed by atoms with van der Waals surface area (Å²) in [4.78, 5) is 0. The first-order chi connectivity index (χ1) is 11.7. The van der Waals surface area contributed by atoms with E-state index in [1.807, 2.05) is 0 Å². The van der Waals surface area contributed by atoms with E-state index in [0.29, 0.717) is 12.0 Å². The van der Waals surface area contributed by atoms with E-state index in [9.17, 15) is 5.26 Å². The molecule has 0 aromatic rings.